The van der Waals surface area contributed by atoms with Gasteiger partial charge in [-0.2, -0.15) is 0 Å². The Morgan fingerprint density at radius 1 is 1.31 bits per heavy atom. The molecule has 0 aliphatic carbocycles. The van der Waals surface area contributed by atoms with Crippen molar-refractivity contribution >= 4 is 22.6 Å². The number of fused-ring (bicyclic) bond motifs is 3. The van der Waals surface area contributed by atoms with Crippen LogP contribution in [0.25, 0.3) is 22.2 Å². The zero-order valence-corrected chi connectivity index (χ0v) is 21.6. The Morgan fingerprint density at radius 3 is 2.86 bits per heavy atom. The molecule has 9 heteroatoms. The van der Waals surface area contributed by atoms with Crippen LogP contribution >= 0.6 is 0 Å². The van der Waals surface area contributed by atoms with E-state index in [1.165, 1.54) is 6.92 Å². The third-order valence-corrected chi connectivity index (χ3v) is 7.20. The van der Waals surface area contributed by atoms with E-state index < -0.39 is 5.60 Å². The first kappa shape index (κ1) is 24.7. The minimum Gasteiger partial charge on any atom is -0.493 e. The van der Waals surface area contributed by atoms with Gasteiger partial charge in [0.2, 0.25) is 5.91 Å². The van der Waals surface area contributed by atoms with E-state index in [9.17, 15) is 4.79 Å². The number of anilines is 1. The number of nitrogens with one attached hydrogen (secondary N) is 1. The number of pyridine rings is 2. The van der Waals surface area contributed by atoms with Crippen LogP contribution in [0.4, 0.5) is 5.82 Å². The van der Waals surface area contributed by atoms with E-state index in [1.54, 1.807) is 13.3 Å². The van der Waals surface area contributed by atoms with Crippen molar-refractivity contribution in [1.82, 2.24) is 14.5 Å². The van der Waals surface area contributed by atoms with E-state index in [-0.39, 0.29) is 11.5 Å². The third kappa shape index (κ3) is 4.58. The van der Waals surface area contributed by atoms with Crippen LogP contribution in [-0.4, -0.2) is 59.6 Å². The van der Waals surface area contributed by atoms with E-state index in [4.69, 9.17) is 23.9 Å². The van der Waals surface area contributed by atoms with Crippen molar-refractivity contribution in [2.75, 3.05) is 38.9 Å². The Bertz CT molecular complexity index is 1290. The predicted octanol–water partition coefficient (Wildman–Crippen LogP) is 3.98. The average molecular weight is 495 g/mol. The van der Waals surface area contributed by atoms with Gasteiger partial charge in [-0.25, -0.2) is 9.97 Å². The molecule has 1 saturated heterocycles. The van der Waals surface area contributed by atoms with Crippen LogP contribution in [0.5, 0.6) is 5.75 Å². The lowest BCUT2D eigenvalue weighted by atomic mass is 9.89. The molecular weight excluding hydrogens is 460 g/mol. The molecule has 5 heterocycles. The number of aryl methyl sites for hydroxylation is 1. The summed E-state index contributed by atoms with van der Waals surface area (Å²) in [7, 11) is 3.70. The number of amides is 1. The zero-order valence-electron chi connectivity index (χ0n) is 21.6. The van der Waals surface area contributed by atoms with Crippen molar-refractivity contribution in [2.24, 2.45) is 7.05 Å². The molecule has 5 rings (SSSR count). The van der Waals surface area contributed by atoms with Crippen LogP contribution in [0.1, 0.15) is 44.9 Å². The zero-order chi connectivity index (χ0) is 25.5. The van der Waals surface area contributed by atoms with Gasteiger partial charge in [-0.15, -0.1) is 0 Å². The van der Waals surface area contributed by atoms with Gasteiger partial charge >= 0.3 is 0 Å². The molecule has 2 aliphatic rings. The SMILES string of the molecule is COC(C)(C)CCOc1cc(-c2cn(C)c3cnc(NC(C)=O)cc23)nc2c1CCOC21CCOC1. The third-order valence-electron chi connectivity index (χ3n) is 7.20. The first-order chi connectivity index (χ1) is 17.2. The number of methoxy groups -OCH3 is 1. The highest BCUT2D eigenvalue weighted by molar-refractivity contribution is 5.98. The largest absolute Gasteiger partial charge is 0.493 e. The lowest BCUT2D eigenvalue weighted by Gasteiger charge is -2.35. The van der Waals surface area contributed by atoms with E-state index in [2.05, 4.69) is 24.1 Å². The molecule has 1 spiro atoms. The maximum absolute atomic E-state index is 11.6. The molecule has 1 unspecified atom stereocenters. The monoisotopic (exact) mass is 494 g/mol. The number of carbonyl (C=O) groups excluding carboxylic acids is 1. The van der Waals surface area contributed by atoms with Crippen molar-refractivity contribution in [3.05, 3.63) is 35.8 Å². The van der Waals surface area contributed by atoms with Crippen molar-refractivity contribution < 1.29 is 23.7 Å². The molecule has 192 valence electrons. The Balaban J connectivity index is 1.62. The highest BCUT2D eigenvalue weighted by Gasteiger charge is 2.44. The quantitative estimate of drug-likeness (QED) is 0.531. The molecule has 36 heavy (non-hydrogen) atoms. The summed E-state index contributed by atoms with van der Waals surface area (Å²) >= 11 is 0. The minimum atomic E-state index is -0.555. The second-order valence-corrected chi connectivity index (χ2v) is 10.2. The average Bonchev–Trinajstić information content (AvgIpc) is 3.44. The minimum absolute atomic E-state index is 0.166. The summed E-state index contributed by atoms with van der Waals surface area (Å²) in [5.74, 6) is 1.16. The second-order valence-electron chi connectivity index (χ2n) is 10.2. The Labute approximate surface area is 211 Å². The van der Waals surface area contributed by atoms with Gasteiger partial charge in [0.15, 0.2) is 0 Å². The van der Waals surface area contributed by atoms with Gasteiger partial charge in [-0.05, 0) is 19.9 Å². The molecule has 3 aromatic heterocycles. The maximum Gasteiger partial charge on any atom is 0.222 e. The number of rotatable bonds is 7. The van der Waals surface area contributed by atoms with Crippen molar-refractivity contribution in [3.8, 4) is 17.0 Å². The van der Waals surface area contributed by atoms with Crippen LogP contribution in [-0.2, 0) is 38.1 Å². The summed E-state index contributed by atoms with van der Waals surface area (Å²) in [5, 5.41) is 3.73. The second kappa shape index (κ2) is 9.46. The molecule has 0 saturated carbocycles. The van der Waals surface area contributed by atoms with E-state index in [0.717, 1.165) is 58.4 Å². The van der Waals surface area contributed by atoms with Gasteiger partial charge < -0.3 is 28.8 Å². The van der Waals surface area contributed by atoms with Gasteiger partial charge in [-0.3, -0.25) is 4.79 Å². The van der Waals surface area contributed by atoms with E-state index in [0.29, 0.717) is 32.2 Å². The first-order valence-corrected chi connectivity index (χ1v) is 12.4. The topological polar surface area (TPSA) is 96.7 Å². The van der Waals surface area contributed by atoms with Gasteiger partial charge in [0.1, 0.15) is 17.2 Å². The summed E-state index contributed by atoms with van der Waals surface area (Å²) in [4.78, 5) is 21.2. The summed E-state index contributed by atoms with van der Waals surface area (Å²) in [5.41, 5.74) is 3.83. The van der Waals surface area contributed by atoms with Crippen molar-refractivity contribution in [3.63, 3.8) is 0 Å². The smallest absolute Gasteiger partial charge is 0.222 e. The highest BCUT2D eigenvalue weighted by Crippen LogP contribution is 2.44. The molecule has 2 aliphatic heterocycles. The Morgan fingerprint density at radius 2 is 2.14 bits per heavy atom. The molecule has 9 nitrogen and oxygen atoms in total. The van der Waals surface area contributed by atoms with Crippen LogP contribution in [0.15, 0.2) is 24.5 Å². The summed E-state index contributed by atoms with van der Waals surface area (Å²) < 4.78 is 26.1. The Kier molecular flexibility index (Phi) is 6.48. The number of aromatic nitrogens is 3. The number of carbonyl (C=O) groups is 1. The molecule has 1 N–H and O–H groups in total. The lowest BCUT2D eigenvalue weighted by Crippen LogP contribution is -2.37. The molecule has 1 amide bonds. The van der Waals surface area contributed by atoms with Crippen LogP contribution < -0.4 is 10.1 Å². The molecule has 0 radical (unpaired) electrons. The van der Waals surface area contributed by atoms with Crippen LogP contribution in [0.3, 0.4) is 0 Å². The van der Waals surface area contributed by atoms with E-state index in [1.807, 2.05) is 29.9 Å². The van der Waals surface area contributed by atoms with Crippen molar-refractivity contribution in [1.29, 1.82) is 0 Å². The summed E-state index contributed by atoms with van der Waals surface area (Å²) in [6.07, 6.45) is 6.05. The fourth-order valence-electron chi connectivity index (χ4n) is 4.94. The molecule has 3 aromatic rings. The van der Waals surface area contributed by atoms with Gasteiger partial charge in [0.05, 0.1) is 48.5 Å². The van der Waals surface area contributed by atoms with Crippen LogP contribution in [0, 0.1) is 0 Å². The summed E-state index contributed by atoms with van der Waals surface area (Å²) in [6, 6.07) is 3.92. The predicted molar refractivity (Wildman–Crippen MR) is 136 cm³/mol. The number of nitrogens with zero attached hydrogens (tertiary/aromatic N) is 3. The van der Waals surface area contributed by atoms with E-state index >= 15 is 0 Å². The molecular formula is C27H34N4O5. The number of hydrogen-bond acceptors (Lipinski definition) is 7. The van der Waals surface area contributed by atoms with Crippen molar-refractivity contribution in [2.45, 2.75) is 51.2 Å². The Hall–Kier alpha value is -3.01. The molecule has 1 fully saturated rings. The van der Waals surface area contributed by atoms with Gasteiger partial charge in [-0.1, -0.05) is 0 Å². The molecule has 0 aromatic carbocycles. The summed E-state index contributed by atoms with van der Waals surface area (Å²) in [6.45, 7) is 7.84. The standard InChI is InChI=1S/C27H34N4O5/c1-17(32)29-24-12-19-20(15-31(4)22(19)14-28-24)21-13-23(35-11-7-26(2,3)33-5)18-6-9-36-27(25(18)30-21)8-10-34-16-27/h12-15H,6-11,16H2,1-5H3,(H,28,29,32). The van der Waals surface area contributed by atoms with Gasteiger partial charge in [0, 0.05) is 75.7 Å². The normalized spacial score (nSPS) is 19.6. The lowest BCUT2D eigenvalue weighted by molar-refractivity contribution is -0.114. The molecule has 0 bridgehead atoms. The fourth-order valence-corrected chi connectivity index (χ4v) is 4.94. The maximum atomic E-state index is 11.6. The number of hydrogen-bond donors (Lipinski definition) is 1. The van der Waals surface area contributed by atoms with Crippen LogP contribution in [0.2, 0.25) is 0 Å². The highest BCUT2D eigenvalue weighted by atomic mass is 16.6. The first-order valence-electron chi connectivity index (χ1n) is 12.4. The number of ether oxygens (including phenoxy) is 4. The fraction of sp³-hybridized carbons (Fsp3) is 0.519. The van der Waals surface area contributed by atoms with Gasteiger partial charge in [0.25, 0.3) is 0 Å². The molecule has 1 atom stereocenters.